The highest BCUT2D eigenvalue weighted by atomic mass is 32.1. The topological polar surface area (TPSA) is 42.1 Å². The summed E-state index contributed by atoms with van der Waals surface area (Å²) in [6.07, 6.45) is 0.968. The van der Waals surface area contributed by atoms with E-state index in [1.54, 1.807) is 11.3 Å². The summed E-state index contributed by atoms with van der Waals surface area (Å²) in [6.45, 7) is 2.03. The fourth-order valence-corrected chi connectivity index (χ4v) is 2.87. The molecule has 86 valence electrons. The van der Waals surface area contributed by atoms with Gasteiger partial charge < -0.3 is 10.6 Å². The molecular formula is C11H15N3S2. The molecule has 0 saturated heterocycles. The number of hydrogen-bond acceptors (Lipinski definition) is 5. The molecule has 0 atom stereocenters. The molecule has 0 saturated carbocycles. The Morgan fingerprint density at radius 2 is 2.31 bits per heavy atom. The van der Waals surface area contributed by atoms with Gasteiger partial charge in [0.15, 0.2) is 5.13 Å². The first-order valence-corrected chi connectivity index (χ1v) is 6.91. The lowest BCUT2D eigenvalue weighted by Crippen LogP contribution is -2.20. The van der Waals surface area contributed by atoms with Crippen LogP contribution in [0.25, 0.3) is 0 Å². The van der Waals surface area contributed by atoms with Crippen molar-refractivity contribution in [3.8, 4) is 0 Å². The molecule has 0 bridgehead atoms. The number of nitrogens with two attached hydrogens (primary N) is 1. The summed E-state index contributed by atoms with van der Waals surface area (Å²) in [7, 11) is 2.13. The minimum atomic E-state index is 0.663. The van der Waals surface area contributed by atoms with Gasteiger partial charge >= 0.3 is 0 Å². The molecule has 0 aliphatic heterocycles. The van der Waals surface area contributed by atoms with Gasteiger partial charge in [0.1, 0.15) is 0 Å². The zero-order chi connectivity index (χ0) is 11.4. The lowest BCUT2D eigenvalue weighted by Gasteiger charge is -2.14. The van der Waals surface area contributed by atoms with Crippen LogP contribution >= 0.6 is 22.7 Å². The second-order valence-electron chi connectivity index (χ2n) is 3.74. The van der Waals surface area contributed by atoms with E-state index < -0.39 is 0 Å². The number of hydrogen-bond donors (Lipinski definition) is 1. The van der Waals surface area contributed by atoms with Crippen LogP contribution in [-0.2, 0) is 13.0 Å². The van der Waals surface area contributed by atoms with Crippen molar-refractivity contribution in [1.29, 1.82) is 0 Å². The van der Waals surface area contributed by atoms with E-state index in [1.165, 1.54) is 16.2 Å². The second kappa shape index (κ2) is 5.43. The van der Waals surface area contributed by atoms with Crippen LogP contribution in [0.3, 0.4) is 0 Å². The molecule has 0 amide bonds. The van der Waals surface area contributed by atoms with Gasteiger partial charge in [-0.05, 0) is 18.5 Å². The minimum absolute atomic E-state index is 0.663. The van der Waals surface area contributed by atoms with Gasteiger partial charge in [0.25, 0.3) is 0 Å². The van der Waals surface area contributed by atoms with Gasteiger partial charge in [-0.25, -0.2) is 4.98 Å². The standard InChI is InChI=1S/C11H15N3S2/c1-14(7-10-3-2-6-15-10)5-4-9-8-16-11(12)13-9/h2-3,6,8H,4-5,7H2,1H3,(H2,12,13). The number of aromatic nitrogens is 1. The molecular weight excluding hydrogens is 238 g/mol. The van der Waals surface area contributed by atoms with Gasteiger partial charge in [-0.1, -0.05) is 6.07 Å². The summed E-state index contributed by atoms with van der Waals surface area (Å²) in [5.41, 5.74) is 6.69. The molecule has 16 heavy (non-hydrogen) atoms. The summed E-state index contributed by atoms with van der Waals surface area (Å²) in [6, 6.07) is 4.26. The van der Waals surface area contributed by atoms with E-state index in [2.05, 4.69) is 34.4 Å². The molecule has 2 aromatic heterocycles. The maximum absolute atomic E-state index is 5.59. The Bertz CT molecular complexity index is 422. The zero-order valence-electron chi connectivity index (χ0n) is 9.22. The van der Waals surface area contributed by atoms with E-state index in [4.69, 9.17) is 5.73 Å². The third-order valence-electron chi connectivity index (χ3n) is 2.33. The molecule has 2 N–H and O–H groups in total. The molecule has 2 rings (SSSR count). The fraction of sp³-hybridized carbons (Fsp3) is 0.364. The summed E-state index contributed by atoms with van der Waals surface area (Å²) < 4.78 is 0. The van der Waals surface area contributed by atoms with Crippen LogP contribution in [0, 0.1) is 0 Å². The molecule has 0 aliphatic carbocycles. The Labute approximate surface area is 104 Å². The largest absolute Gasteiger partial charge is 0.375 e. The Balaban J connectivity index is 1.77. The maximum Gasteiger partial charge on any atom is 0.180 e. The number of rotatable bonds is 5. The Kier molecular flexibility index (Phi) is 3.93. The summed E-state index contributed by atoms with van der Waals surface area (Å²) in [5.74, 6) is 0. The maximum atomic E-state index is 5.59. The van der Waals surface area contributed by atoms with Crippen LogP contribution in [-0.4, -0.2) is 23.5 Å². The van der Waals surface area contributed by atoms with Crippen molar-refractivity contribution in [1.82, 2.24) is 9.88 Å². The van der Waals surface area contributed by atoms with E-state index >= 15 is 0 Å². The molecule has 0 spiro atoms. The Morgan fingerprint density at radius 1 is 1.44 bits per heavy atom. The van der Waals surface area contributed by atoms with Gasteiger partial charge in [0.05, 0.1) is 5.69 Å². The van der Waals surface area contributed by atoms with Crippen LogP contribution in [0.15, 0.2) is 22.9 Å². The average molecular weight is 253 g/mol. The fourth-order valence-electron chi connectivity index (χ4n) is 1.49. The Hall–Kier alpha value is -0.910. The summed E-state index contributed by atoms with van der Waals surface area (Å²) in [4.78, 5) is 7.96. The van der Waals surface area contributed by atoms with Gasteiger partial charge in [-0.15, -0.1) is 22.7 Å². The molecule has 0 radical (unpaired) electrons. The smallest absolute Gasteiger partial charge is 0.180 e. The van der Waals surface area contributed by atoms with E-state index in [0.717, 1.165) is 25.2 Å². The number of anilines is 1. The van der Waals surface area contributed by atoms with Crippen molar-refractivity contribution in [2.75, 3.05) is 19.3 Å². The third-order valence-corrected chi connectivity index (χ3v) is 3.91. The molecule has 3 nitrogen and oxygen atoms in total. The monoisotopic (exact) mass is 253 g/mol. The molecule has 0 aliphatic rings. The lowest BCUT2D eigenvalue weighted by molar-refractivity contribution is 0.333. The number of thiazole rings is 1. The van der Waals surface area contributed by atoms with Crippen molar-refractivity contribution in [3.63, 3.8) is 0 Å². The van der Waals surface area contributed by atoms with E-state index in [1.807, 2.05) is 5.38 Å². The predicted octanol–water partition coefficient (Wildman–Crippen LogP) is 2.46. The zero-order valence-corrected chi connectivity index (χ0v) is 10.9. The van der Waals surface area contributed by atoms with Crippen LogP contribution in [0.4, 0.5) is 5.13 Å². The Morgan fingerprint density at radius 3 is 2.94 bits per heavy atom. The van der Waals surface area contributed by atoms with Gasteiger partial charge in [0, 0.05) is 29.8 Å². The number of nitrogens with zero attached hydrogens (tertiary/aromatic N) is 2. The highest BCUT2D eigenvalue weighted by molar-refractivity contribution is 7.13. The average Bonchev–Trinajstić information content (AvgIpc) is 2.87. The molecule has 2 heterocycles. The SMILES string of the molecule is CN(CCc1csc(N)n1)Cc1cccs1. The van der Waals surface area contributed by atoms with Crippen molar-refractivity contribution in [2.24, 2.45) is 0 Å². The minimum Gasteiger partial charge on any atom is -0.375 e. The van der Waals surface area contributed by atoms with Gasteiger partial charge in [0.2, 0.25) is 0 Å². The number of likely N-dealkylation sites (N-methyl/N-ethyl adjacent to an activating group) is 1. The third kappa shape index (κ3) is 3.30. The molecule has 0 fully saturated rings. The normalized spacial score (nSPS) is 11.1. The number of nitrogen functional groups attached to an aromatic ring is 1. The molecule has 5 heteroatoms. The first kappa shape index (κ1) is 11.6. The predicted molar refractivity (Wildman–Crippen MR) is 70.9 cm³/mol. The highest BCUT2D eigenvalue weighted by Gasteiger charge is 2.03. The quantitative estimate of drug-likeness (QED) is 0.890. The van der Waals surface area contributed by atoms with Crippen LogP contribution < -0.4 is 5.73 Å². The van der Waals surface area contributed by atoms with E-state index in [0.29, 0.717) is 5.13 Å². The van der Waals surface area contributed by atoms with Gasteiger partial charge in [-0.3, -0.25) is 0 Å². The number of thiophene rings is 1. The van der Waals surface area contributed by atoms with Crippen LogP contribution in [0.5, 0.6) is 0 Å². The van der Waals surface area contributed by atoms with Crippen molar-refractivity contribution < 1.29 is 0 Å². The van der Waals surface area contributed by atoms with Crippen molar-refractivity contribution in [3.05, 3.63) is 33.5 Å². The van der Waals surface area contributed by atoms with Crippen LogP contribution in [0.2, 0.25) is 0 Å². The lowest BCUT2D eigenvalue weighted by atomic mass is 10.3. The highest BCUT2D eigenvalue weighted by Crippen LogP contribution is 2.13. The first-order chi connectivity index (χ1) is 7.74. The van der Waals surface area contributed by atoms with Crippen molar-refractivity contribution >= 4 is 27.8 Å². The second-order valence-corrected chi connectivity index (χ2v) is 5.67. The summed E-state index contributed by atoms with van der Waals surface area (Å²) in [5, 5.41) is 4.81. The molecule has 0 aromatic carbocycles. The van der Waals surface area contributed by atoms with Gasteiger partial charge in [-0.2, -0.15) is 0 Å². The molecule has 2 aromatic rings. The first-order valence-electron chi connectivity index (χ1n) is 5.15. The van der Waals surface area contributed by atoms with E-state index in [-0.39, 0.29) is 0 Å². The molecule has 0 unspecified atom stereocenters. The summed E-state index contributed by atoms with van der Waals surface area (Å²) >= 11 is 3.31. The van der Waals surface area contributed by atoms with E-state index in [9.17, 15) is 0 Å². The van der Waals surface area contributed by atoms with Crippen molar-refractivity contribution in [2.45, 2.75) is 13.0 Å². The van der Waals surface area contributed by atoms with Crippen LogP contribution in [0.1, 0.15) is 10.6 Å².